The number of amides is 2. The molecule has 0 fully saturated rings. The fraction of sp³-hybridized carbons (Fsp3) is 0.286. The Balaban J connectivity index is 1.72. The van der Waals surface area contributed by atoms with Crippen LogP contribution in [0.25, 0.3) is 0 Å². The Bertz CT molecular complexity index is 939. The van der Waals surface area contributed by atoms with Crippen molar-refractivity contribution in [2.75, 3.05) is 11.9 Å². The first-order valence-corrected chi connectivity index (χ1v) is 8.93. The van der Waals surface area contributed by atoms with Crippen molar-refractivity contribution in [3.05, 3.63) is 65.2 Å². The summed E-state index contributed by atoms with van der Waals surface area (Å²) in [7, 11) is 1.69. The summed E-state index contributed by atoms with van der Waals surface area (Å²) in [4.78, 5) is 40.6. The Labute approximate surface area is 157 Å². The molecule has 2 amide bonds. The highest BCUT2D eigenvalue weighted by Crippen LogP contribution is 2.37. The van der Waals surface area contributed by atoms with Crippen LogP contribution in [0.3, 0.4) is 0 Å². The van der Waals surface area contributed by atoms with E-state index in [1.165, 1.54) is 4.90 Å². The third-order valence-corrected chi connectivity index (χ3v) is 5.54. The predicted octanol–water partition coefficient (Wildman–Crippen LogP) is 2.17. The van der Waals surface area contributed by atoms with Crippen molar-refractivity contribution in [3.63, 3.8) is 0 Å². The maximum Gasteiger partial charge on any atom is 0.326 e. The number of hydrogen-bond acceptors (Lipinski definition) is 3. The lowest BCUT2D eigenvalue weighted by Gasteiger charge is -2.39. The lowest BCUT2D eigenvalue weighted by atomic mass is 9.86. The van der Waals surface area contributed by atoms with Gasteiger partial charge in [0.15, 0.2) is 0 Å². The van der Waals surface area contributed by atoms with E-state index >= 15 is 0 Å². The Morgan fingerprint density at radius 2 is 1.67 bits per heavy atom. The summed E-state index contributed by atoms with van der Waals surface area (Å²) < 4.78 is 0. The van der Waals surface area contributed by atoms with Crippen LogP contribution in [-0.4, -0.2) is 40.9 Å². The molecule has 0 aliphatic carbocycles. The van der Waals surface area contributed by atoms with Gasteiger partial charge in [-0.25, -0.2) is 4.79 Å². The molecule has 0 saturated heterocycles. The van der Waals surface area contributed by atoms with Crippen molar-refractivity contribution in [3.8, 4) is 0 Å². The minimum absolute atomic E-state index is 0.0524. The number of para-hydroxylation sites is 1. The fourth-order valence-electron chi connectivity index (χ4n) is 4.04. The zero-order valence-corrected chi connectivity index (χ0v) is 15.0. The zero-order valence-electron chi connectivity index (χ0n) is 15.0. The molecule has 0 spiro atoms. The maximum absolute atomic E-state index is 13.4. The van der Waals surface area contributed by atoms with Gasteiger partial charge in [0.2, 0.25) is 11.8 Å². The van der Waals surface area contributed by atoms with E-state index in [2.05, 4.69) is 0 Å². The standard InChI is InChI=1S/C21H20N2O4/c1-22-17-9-5-4-8-15(17)16(11-19(22)24)20(25)23-12-14-7-3-2-6-13(14)10-18(23)21(26)27/h2-9,16,18H,10-12H2,1H3,(H,26,27)/t16-,18-/m0/s1. The summed E-state index contributed by atoms with van der Waals surface area (Å²) in [6, 6.07) is 14.0. The molecular formula is C21H20N2O4. The molecule has 2 heterocycles. The quantitative estimate of drug-likeness (QED) is 0.886. The Kier molecular flexibility index (Phi) is 4.18. The highest BCUT2D eigenvalue weighted by Gasteiger charge is 2.41. The van der Waals surface area contributed by atoms with Gasteiger partial charge in [-0.05, 0) is 22.8 Å². The van der Waals surface area contributed by atoms with Crippen LogP contribution < -0.4 is 4.90 Å². The van der Waals surface area contributed by atoms with E-state index in [0.29, 0.717) is 5.69 Å². The normalized spacial score (nSPS) is 21.4. The Morgan fingerprint density at radius 1 is 1.00 bits per heavy atom. The second-order valence-corrected chi connectivity index (χ2v) is 7.06. The van der Waals surface area contributed by atoms with Crippen molar-refractivity contribution in [2.45, 2.75) is 31.3 Å². The van der Waals surface area contributed by atoms with Crippen LogP contribution in [0.5, 0.6) is 0 Å². The second-order valence-electron chi connectivity index (χ2n) is 7.06. The molecular weight excluding hydrogens is 344 g/mol. The fourth-order valence-corrected chi connectivity index (χ4v) is 4.04. The van der Waals surface area contributed by atoms with Gasteiger partial charge in [-0.2, -0.15) is 0 Å². The number of anilines is 1. The number of carboxylic acid groups (broad SMARTS) is 1. The number of fused-ring (bicyclic) bond motifs is 2. The van der Waals surface area contributed by atoms with Gasteiger partial charge in [0, 0.05) is 32.1 Å². The van der Waals surface area contributed by atoms with Gasteiger partial charge in [-0.1, -0.05) is 42.5 Å². The molecule has 0 bridgehead atoms. The number of carbonyl (C=O) groups is 3. The summed E-state index contributed by atoms with van der Waals surface area (Å²) in [6.45, 7) is 0.245. The Hall–Kier alpha value is -3.15. The van der Waals surface area contributed by atoms with Crippen molar-refractivity contribution < 1.29 is 19.5 Å². The highest BCUT2D eigenvalue weighted by atomic mass is 16.4. The van der Waals surface area contributed by atoms with Crippen molar-refractivity contribution in [1.29, 1.82) is 0 Å². The SMILES string of the molecule is CN1C(=O)C[C@H](C(=O)N2Cc3ccccc3C[C@H]2C(=O)O)c2ccccc21. The van der Waals surface area contributed by atoms with Crippen LogP contribution >= 0.6 is 0 Å². The van der Waals surface area contributed by atoms with Gasteiger partial charge < -0.3 is 14.9 Å². The van der Waals surface area contributed by atoms with Gasteiger partial charge in [0.25, 0.3) is 0 Å². The maximum atomic E-state index is 13.4. The number of carbonyl (C=O) groups excluding carboxylic acids is 2. The van der Waals surface area contributed by atoms with Gasteiger partial charge >= 0.3 is 5.97 Å². The highest BCUT2D eigenvalue weighted by molar-refractivity contribution is 6.03. The van der Waals surface area contributed by atoms with E-state index in [1.54, 1.807) is 11.9 Å². The number of rotatable bonds is 2. The van der Waals surface area contributed by atoms with Crippen LogP contribution in [0.1, 0.15) is 29.0 Å². The Morgan fingerprint density at radius 3 is 2.41 bits per heavy atom. The first-order valence-electron chi connectivity index (χ1n) is 8.93. The smallest absolute Gasteiger partial charge is 0.326 e. The molecule has 138 valence electrons. The molecule has 27 heavy (non-hydrogen) atoms. The van der Waals surface area contributed by atoms with Crippen LogP contribution in [0.15, 0.2) is 48.5 Å². The molecule has 2 aliphatic rings. The van der Waals surface area contributed by atoms with E-state index < -0.39 is 17.9 Å². The van der Waals surface area contributed by atoms with Gasteiger partial charge in [0.05, 0.1) is 5.92 Å². The minimum Gasteiger partial charge on any atom is -0.480 e. The summed E-state index contributed by atoms with van der Waals surface area (Å²) >= 11 is 0. The molecule has 2 atom stereocenters. The zero-order chi connectivity index (χ0) is 19.1. The van der Waals surface area contributed by atoms with Gasteiger partial charge in [-0.15, -0.1) is 0 Å². The van der Waals surface area contributed by atoms with Crippen molar-refractivity contribution in [2.24, 2.45) is 0 Å². The molecule has 0 aromatic heterocycles. The molecule has 2 aromatic rings. The molecule has 2 aliphatic heterocycles. The monoisotopic (exact) mass is 364 g/mol. The summed E-state index contributed by atoms with van der Waals surface area (Å²) in [5, 5.41) is 9.70. The molecule has 6 nitrogen and oxygen atoms in total. The third kappa shape index (κ3) is 2.87. The number of hydrogen-bond donors (Lipinski definition) is 1. The van der Waals surface area contributed by atoms with Gasteiger partial charge in [0.1, 0.15) is 6.04 Å². The van der Waals surface area contributed by atoms with E-state index in [0.717, 1.165) is 16.7 Å². The van der Waals surface area contributed by atoms with Crippen molar-refractivity contribution >= 4 is 23.5 Å². The van der Waals surface area contributed by atoms with Crippen LogP contribution in [0.2, 0.25) is 0 Å². The first kappa shape index (κ1) is 17.3. The number of aliphatic carboxylic acids is 1. The average Bonchev–Trinajstić information content (AvgIpc) is 2.69. The minimum atomic E-state index is -1.02. The molecule has 0 saturated carbocycles. The van der Waals surface area contributed by atoms with E-state index in [4.69, 9.17) is 0 Å². The molecule has 2 aromatic carbocycles. The summed E-state index contributed by atoms with van der Waals surface area (Å²) in [6.07, 6.45) is 0.330. The van der Waals surface area contributed by atoms with Crippen LogP contribution in [0, 0.1) is 0 Å². The van der Waals surface area contributed by atoms with E-state index in [1.807, 2.05) is 48.5 Å². The topological polar surface area (TPSA) is 77.9 Å². The summed E-state index contributed by atoms with van der Waals surface area (Å²) in [5.74, 6) is -2.12. The molecule has 1 N–H and O–H groups in total. The lowest BCUT2D eigenvalue weighted by Crippen LogP contribution is -2.51. The number of carboxylic acids is 1. The second kappa shape index (κ2) is 6.54. The largest absolute Gasteiger partial charge is 0.480 e. The van der Waals surface area contributed by atoms with Crippen LogP contribution in [0.4, 0.5) is 5.69 Å². The lowest BCUT2D eigenvalue weighted by molar-refractivity contribution is -0.152. The average molecular weight is 364 g/mol. The summed E-state index contributed by atoms with van der Waals surface area (Å²) in [5.41, 5.74) is 3.38. The number of nitrogens with zero attached hydrogens (tertiary/aromatic N) is 2. The predicted molar refractivity (Wildman–Crippen MR) is 99.3 cm³/mol. The first-order chi connectivity index (χ1) is 13.0. The van der Waals surface area contributed by atoms with Crippen LogP contribution in [-0.2, 0) is 27.3 Å². The van der Waals surface area contributed by atoms with E-state index in [9.17, 15) is 19.5 Å². The molecule has 4 rings (SSSR count). The third-order valence-electron chi connectivity index (χ3n) is 5.54. The van der Waals surface area contributed by atoms with E-state index in [-0.39, 0.29) is 31.2 Å². The van der Waals surface area contributed by atoms with Crippen molar-refractivity contribution in [1.82, 2.24) is 4.90 Å². The number of benzene rings is 2. The molecule has 0 radical (unpaired) electrons. The molecule has 6 heteroatoms. The molecule has 0 unspecified atom stereocenters. The van der Waals surface area contributed by atoms with Gasteiger partial charge in [-0.3, -0.25) is 9.59 Å².